The summed E-state index contributed by atoms with van der Waals surface area (Å²) < 4.78 is 6.37. The molecule has 2 aromatic heterocycles. The second-order valence-corrected chi connectivity index (χ2v) is 14.9. The molecule has 1 spiro atoms. The van der Waals surface area contributed by atoms with Crippen LogP contribution in [0, 0.1) is 0 Å². The molecule has 0 N–H and O–H groups in total. The van der Waals surface area contributed by atoms with Crippen LogP contribution >= 0.6 is 0 Å². The molecule has 1 aliphatic heterocycles. The summed E-state index contributed by atoms with van der Waals surface area (Å²) in [6.45, 7) is 0. The maximum atomic E-state index is 6.37. The molecule has 2 aliphatic rings. The van der Waals surface area contributed by atoms with Crippen LogP contribution in [-0.4, -0.2) is 9.97 Å². The number of hydrogen-bond acceptors (Lipinski definition) is 4. The van der Waals surface area contributed by atoms with Gasteiger partial charge in [-0.25, -0.2) is 9.97 Å². The lowest BCUT2D eigenvalue weighted by molar-refractivity contribution is 0.669. The Labute approximate surface area is 330 Å². The summed E-state index contributed by atoms with van der Waals surface area (Å²) >= 11 is 0. The van der Waals surface area contributed by atoms with Crippen LogP contribution in [0.5, 0.6) is 0 Å². The van der Waals surface area contributed by atoms with E-state index in [1.165, 1.54) is 33.4 Å². The molecule has 4 heteroatoms. The molecule has 10 aromatic rings. The highest BCUT2D eigenvalue weighted by Gasteiger charge is 2.52. The van der Waals surface area contributed by atoms with E-state index in [1.54, 1.807) is 0 Å². The number of benzene rings is 8. The lowest BCUT2D eigenvalue weighted by atomic mass is 9.64. The first-order valence-electron chi connectivity index (χ1n) is 19.4. The zero-order valence-electron chi connectivity index (χ0n) is 30.8. The number of fused-ring (bicyclic) bond motifs is 12. The van der Waals surface area contributed by atoms with Crippen molar-refractivity contribution < 1.29 is 4.42 Å². The topological polar surface area (TPSA) is 42.2 Å². The summed E-state index contributed by atoms with van der Waals surface area (Å²) in [4.78, 5) is 13.0. The Balaban J connectivity index is 1.11. The number of aromatic nitrogens is 2. The molecule has 1 aliphatic carbocycles. The molecule has 57 heavy (non-hydrogen) atoms. The van der Waals surface area contributed by atoms with Gasteiger partial charge in [0.05, 0.1) is 28.2 Å². The van der Waals surface area contributed by atoms with Crippen LogP contribution in [0.25, 0.3) is 66.7 Å². The zero-order chi connectivity index (χ0) is 37.5. The van der Waals surface area contributed by atoms with E-state index in [-0.39, 0.29) is 0 Å². The largest absolute Gasteiger partial charge is 0.456 e. The molecular weight excluding hydrogens is 695 g/mol. The minimum absolute atomic E-state index is 0.603. The molecule has 0 unspecified atom stereocenters. The molecular formula is C53H33N3O. The Kier molecular flexibility index (Phi) is 6.81. The number of hydrogen-bond donors (Lipinski definition) is 0. The van der Waals surface area contributed by atoms with E-state index in [0.29, 0.717) is 5.95 Å². The monoisotopic (exact) mass is 727 g/mol. The smallest absolute Gasteiger partial charge is 0.235 e. The number of nitrogens with zero attached hydrogens (tertiary/aromatic N) is 3. The van der Waals surface area contributed by atoms with Crippen LogP contribution in [-0.2, 0) is 5.41 Å². The highest BCUT2D eigenvalue weighted by molar-refractivity contribution is 6.06. The third-order valence-electron chi connectivity index (χ3n) is 11.9. The lowest BCUT2D eigenvalue weighted by Crippen LogP contribution is -2.36. The van der Waals surface area contributed by atoms with Gasteiger partial charge in [0.15, 0.2) is 0 Å². The van der Waals surface area contributed by atoms with Crippen molar-refractivity contribution in [3.63, 3.8) is 0 Å². The standard InChI is InChI=1S/C53H33N3O/c1-3-15-34(16-4-1)46-33-47(35-17-5-2-6-18-35)55-52(54-46)56-48-24-12-10-22-43(48)53(44-23-11-13-25-49(44)56)42-21-9-7-19-38(42)39-29-27-36(31-45(39)53)37-28-30-41-40-20-8-14-26-50(40)57-51(41)32-37/h1-33H. The highest BCUT2D eigenvalue weighted by atomic mass is 16.3. The predicted octanol–water partition coefficient (Wildman–Crippen LogP) is 13.5. The fourth-order valence-corrected chi connectivity index (χ4v) is 9.45. The van der Waals surface area contributed by atoms with Gasteiger partial charge >= 0.3 is 0 Å². The molecule has 266 valence electrons. The van der Waals surface area contributed by atoms with Gasteiger partial charge in [-0.2, -0.15) is 0 Å². The lowest BCUT2D eigenvalue weighted by Gasteiger charge is -2.44. The maximum absolute atomic E-state index is 6.37. The van der Waals surface area contributed by atoms with Gasteiger partial charge in [-0.1, -0.05) is 158 Å². The van der Waals surface area contributed by atoms with Gasteiger partial charge in [0.1, 0.15) is 11.2 Å². The number of anilines is 3. The van der Waals surface area contributed by atoms with E-state index in [2.05, 4.69) is 181 Å². The summed E-state index contributed by atoms with van der Waals surface area (Å²) in [6, 6.07) is 71.4. The number of furan rings is 1. The first kappa shape index (κ1) is 31.8. The minimum atomic E-state index is -0.603. The second kappa shape index (κ2) is 12.2. The molecule has 0 saturated carbocycles. The molecule has 4 nitrogen and oxygen atoms in total. The normalized spacial score (nSPS) is 13.4. The van der Waals surface area contributed by atoms with E-state index in [9.17, 15) is 0 Å². The van der Waals surface area contributed by atoms with Crippen LogP contribution < -0.4 is 4.90 Å². The van der Waals surface area contributed by atoms with Gasteiger partial charge in [0, 0.05) is 21.9 Å². The van der Waals surface area contributed by atoms with Gasteiger partial charge in [-0.3, -0.25) is 4.90 Å². The molecule has 8 aromatic carbocycles. The SMILES string of the molecule is c1ccc(-c2cc(-c3ccccc3)nc(N3c4ccccc4C4(c5ccccc5-c5ccc(-c6ccc7c(c6)oc6ccccc67)cc54)c4ccccc43)n2)cc1. The molecule has 0 amide bonds. The van der Waals surface area contributed by atoms with Crippen molar-refractivity contribution in [2.75, 3.05) is 4.90 Å². The second-order valence-electron chi connectivity index (χ2n) is 14.9. The van der Waals surface area contributed by atoms with Crippen LogP contribution in [0.4, 0.5) is 17.3 Å². The molecule has 0 radical (unpaired) electrons. The number of rotatable bonds is 4. The first-order valence-corrected chi connectivity index (χ1v) is 19.4. The van der Waals surface area contributed by atoms with E-state index in [4.69, 9.17) is 14.4 Å². The van der Waals surface area contributed by atoms with Crippen LogP contribution in [0.3, 0.4) is 0 Å². The quantitative estimate of drug-likeness (QED) is 0.181. The average Bonchev–Trinajstić information content (AvgIpc) is 3.80. The maximum Gasteiger partial charge on any atom is 0.235 e. The molecule has 0 fully saturated rings. The van der Waals surface area contributed by atoms with E-state index < -0.39 is 5.41 Å². The summed E-state index contributed by atoms with van der Waals surface area (Å²) in [5.74, 6) is 0.629. The van der Waals surface area contributed by atoms with Crippen LogP contribution in [0.2, 0.25) is 0 Å². The van der Waals surface area contributed by atoms with Crippen molar-refractivity contribution in [2.45, 2.75) is 5.41 Å². The minimum Gasteiger partial charge on any atom is -0.456 e. The zero-order valence-corrected chi connectivity index (χ0v) is 30.8. The van der Waals surface area contributed by atoms with Gasteiger partial charge in [-0.15, -0.1) is 0 Å². The molecule has 0 bridgehead atoms. The Hall–Kier alpha value is -7.56. The van der Waals surface area contributed by atoms with E-state index in [0.717, 1.165) is 67.0 Å². The third kappa shape index (κ3) is 4.62. The van der Waals surface area contributed by atoms with Crippen LogP contribution in [0.15, 0.2) is 205 Å². The van der Waals surface area contributed by atoms with E-state index in [1.807, 2.05) is 24.3 Å². The van der Waals surface area contributed by atoms with Crippen molar-refractivity contribution in [1.29, 1.82) is 0 Å². The molecule has 12 rings (SSSR count). The van der Waals surface area contributed by atoms with Crippen molar-refractivity contribution in [2.24, 2.45) is 0 Å². The van der Waals surface area contributed by atoms with Crippen molar-refractivity contribution in [3.05, 3.63) is 222 Å². The van der Waals surface area contributed by atoms with Gasteiger partial charge in [0.2, 0.25) is 5.95 Å². The summed E-state index contributed by atoms with van der Waals surface area (Å²) in [6.07, 6.45) is 0. The van der Waals surface area contributed by atoms with E-state index >= 15 is 0 Å². The molecule has 0 atom stereocenters. The summed E-state index contributed by atoms with van der Waals surface area (Å²) in [5, 5.41) is 2.26. The summed E-state index contributed by atoms with van der Waals surface area (Å²) in [7, 11) is 0. The predicted molar refractivity (Wildman–Crippen MR) is 231 cm³/mol. The van der Waals surface area contributed by atoms with Crippen molar-refractivity contribution >= 4 is 39.3 Å². The Morgan fingerprint density at radius 1 is 0.368 bits per heavy atom. The van der Waals surface area contributed by atoms with Crippen LogP contribution in [0.1, 0.15) is 22.3 Å². The van der Waals surface area contributed by atoms with Crippen molar-refractivity contribution in [1.82, 2.24) is 9.97 Å². The Bertz CT molecular complexity index is 3100. The third-order valence-corrected chi connectivity index (χ3v) is 11.9. The van der Waals surface area contributed by atoms with Gasteiger partial charge < -0.3 is 4.42 Å². The fourth-order valence-electron chi connectivity index (χ4n) is 9.45. The van der Waals surface area contributed by atoms with Crippen molar-refractivity contribution in [3.8, 4) is 44.8 Å². The fraction of sp³-hybridized carbons (Fsp3) is 0.0189. The van der Waals surface area contributed by atoms with Gasteiger partial charge in [0.25, 0.3) is 0 Å². The Morgan fingerprint density at radius 3 is 1.60 bits per heavy atom. The molecule has 3 heterocycles. The highest BCUT2D eigenvalue weighted by Crippen LogP contribution is 2.63. The average molecular weight is 728 g/mol. The summed E-state index contributed by atoms with van der Waals surface area (Å²) in [5.41, 5.74) is 16.8. The first-order chi connectivity index (χ1) is 28.3. The Morgan fingerprint density at radius 2 is 0.895 bits per heavy atom. The van der Waals surface area contributed by atoms with Gasteiger partial charge in [-0.05, 0) is 87.0 Å². The molecule has 0 saturated heterocycles. The number of para-hydroxylation sites is 3.